The van der Waals surface area contributed by atoms with Crippen molar-refractivity contribution in [3.8, 4) is 0 Å². The van der Waals surface area contributed by atoms with E-state index in [9.17, 15) is 30.4 Å². The summed E-state index contributed by atoms with van der Waals surface area (Å²) in [5.74, 6) is -3.51. The van der Waals surface area contributed by atoms with E-state index >= 15 is 0 Å². The quantitative estimate of drug-likeness (QED) is 0.440. The molecule has 0 fully saturated rings. The number of aromatic nitrogens is 1. The molecule has 0 aliphatic rings. The van der Waals surface area contributed by atoms with Gasteiger partial charge in [0.2, 0.25) is 0 Å². The third-order valence-corrected chi connectivity index (χ3v) is 7.99. The summed E-state index contributed by atoms with van der Waals surface area (Å²) in [6, 6.07) is 12.1. The highest BCUT2D eigenvalue weighted by Gasteiger charge is 2.24. The van der Waals surface area contributed by atoms with Crippen LogP contribution in [0, 0.1) is 11.6 Å². The average Bonchev–Trinajstić information content (AvgIpc) is 3.02. The van der Waals surface area contributed by atoms with Crippen molar-refractivity contribution in [1.29, 1.82) is 0 Å². The maximum absolute atomic E-state index is 13.8. The molecule has 1 aromatic heterocycles. The van der Waals surface area contributed by atoms with Crippen molar-refractivity contribution in [3.05, 3.63) is 88.4 Å². The summed E-state index contributed by atoms with van der Waals surface area (Å²) in [4.78, 5) is 10.4. The molecular formula is C21H16F2N2O6S2. The second kappa shape index (κ2) is 8.12. The third-order valence-electron chi connectivity index (χ3n) is 4.87. The van der Waals surface area contributed by atoms with Gasteiger partial charge in [0, 0.05) is 18.8 Å². The molecule has 0 bridgehead atoms. The van der Waals surface area contributed by atoms with Crippen LogP contribution in [0.5, 0.6) is 0 Å². The van der Waals surface area contributed by atoms with Crippen LogP contribution in [-0.2, 0) is 32.7 Å². The minimum atomic E-state index is -4.54. The lowest BCUT2D eigenvalue weighted by Crippen LogP contribution is -2.16. The molecule has 12 heteroatoms. The molecule has 0 aliphatic heterocycles. The molecular weight excluding hydrogens is 478 g/mol. The summed E-state index contributed by atoms with van der Waals surface area (Å²) in [6.45, 7) is 0. The first-order chi connectivity index (χ1) is 15.5. The number of sulfone groups is 1. The summed E-state index contributed by atoms with van der Waals surface area (Å²) >= 11 is 0. The maximum atomic E-state index is 13.8. The maximum Gasteiger partial charge on any atom is 0.419 e. The number of fused-ring (bicyclic) bond motifs is 1. The van der Waals surface area contributed by atoms with Crippen molar-refractivity contribution < 1.29 is 30.0 Å². The lowest BCUT2D eigenvalue weighted by atomic mass is 10.2. The first-order valence-corrected chi connectivity index (χ1v) is 12.5. The second-order valence-electron chi connectivity index (χ2n) is 7.17. The van der Waals surface area contributed by atoms with Crippen LogP contribution in [-0.4, -0.2) is 21.4 Å². The van der Waals surface area contributed by atoms with Gasteiger partial charge in [0.15, 0.2) is 20.3 Å². The predicted molar refractivity (Wildman–Crippen MR) is 116 cm³/mol. The molecule has 0 spiro atoms. The lowest BCUT2D eigenvalue weighted by Gasteiger charge is -2.10. The van der Waals surface area contributed by atoms with E-state index in [4.69, 9.17) is 4.42 Å². The number of nitrogens with zero attached hydrogens (tertiary/aromatic N) is 1. The Labute approximate surface area is 187 Å². The first-order valence-electron chi connectivity index (χ1n) is 9.36. The van der Waals surface area contributed by atoms with Crippen LogP contribution in [0.25, 0.3) is 11.1 Å². The highest BCUT2D eigenvalue weighted by atomic mass is 32.2. The van der Waals surface area contributed by atoms with Gasteiger partial charge in [0.1, 0.15) is 11.6 Å². The van der Waals surface area contributed by atoms with Gasteiger partial charge in [-0.25, -0.2) is 30.4 Å². The zero-order valence-corrected chi connectivity index (χ0v) is 18.6. The van der Waals surface area contributed by atoms with Gasteiger partial charge in [-0.3, -0.25) is 9.29 Å². The Bertz CT molecular complexity index is 1620. The molecule has 33 heavy (non-hydrogen) atoms. The van der Waals surface area contributed by atoms with Crippen LogP contribution in [0.3, 0.4) is 0 Å². The zero-order valence-electron chi connectivity index (χ0n) is 16.9. The smallest absolute Gasteiger partial charge is 0.408 e. The summed E-state index contributed by atoms with van der Waals surface area (Å²) < 4.78 is 86.3. The molecule has 0 unspecified atom stereocenters. The number of hydrogen-bond acceptors (Lipinski definition) is 6. The van der Waals surface area contributed by atoms with E-state index in [0.717, 1.165) is 18.2 Å². The molecule has 4 rings (SSSR count). The monoisotopic (exact) mass is 494 g/mol. The topological polar surface area (TPSA) is 115 Å². The summed E-state index contributed by atoms with van der Waals surface area (Å²) in [5, 5.41) is 0. The predicted octanol–water partition coefficient (Wildman–Crippen LogP) is 3.18. The van der Waals surface area contributed by atoms with Gasteiger partial charge >= 0.3 is 5.76 Å². The number of hydrogen-bond donors (Lipinski definition) is 1. The fourth-order valence-electron chi connectivity index (χ4n) is 3.22. The minimum Gasteiger partial charge on any atom is -0.408 e. The van der Waals surface area contributed by atoms with Gasteiger partial charge < -0.3 is 4.42 Å². The molecule has 172 valence electrons. The van der Waals surface area contributed by atoms with Gasteiger partial charge in [-0.05, 0) is 42.0 Å². The largest absolute Gasteiger partial charge is 0.419 e. The lowest BCUT2D eigenvalue weighted by molar-refractivity contribution is 0.521. The fraction of sp³-hybridized carbons (Fsp3) is 0.0952. The molecule has 3 aromatic carbocycles. The highest BCUT2D eigenvalue weighted by Crippen LogP contribution is 2.24. The normalized spacial score (nSPS) is 12.2. The summed E-state index contributed by atoms with van der Waals surface area (Å²) in [7, 11) is -6.87. The van der Waals surface area contributed by atoms with E-state index in [-0.39, 0.29) is 16.2 Å². The molecule has 0 atom stereocenters. The molecule has 0 saturated heterocycles. The number of benzene rings is 3. The summed E-state index contributed by atoms with van der Waals surface area (Å²) in [5.41, 5.74) is 0.909. The van der Waals surface area contributed by atoms with Crippen molar-refractivity contribution in [2.45, 2.75) is 15.5 Å². The van der Waals surface area contributed by atoms with E-state index < -0.39 is 47.9 Å². The number of nitrogens with one attached hydrogen (secondary N) is 1. The number of aryl methyl sites for hydroxylation is 1. The van der Waals surface area contributed by atoms with E-state index in [1.54, 1.807) is 0 Å². The fourth-order valence-corrected chi connectivity index (χ4v) is 5.78. The van der Waals surface area contributed by atoms with Gasteiger partial charge in [-0.1, -0.05) is 18.2 Å². The third kappa shape index (κ3) is 4.39. The van der Waals surface area contributed by atoms with Gasteiger partial charge in [0.25, 0.3) is 10.0 Å². The van der Waals surface area contributed by atoms with E-state index in [2.05, 4.69) is 4.72 Å². The van der Waals surface area contributed by atoms with Gasteiger partial charge in [0.05, 0.1) is 16.2 Å². The Kier molecular flexibility index (Phi) is 5.58. The molecule has 1 heterocycles. The minimum absolute atomic E-state index is 0.00807. The Morgan fingerprint density at radius 3 is 2.21 bits per heavy atom. The Morgan fingerprint density at radius 2 is 1.58 bits per heavy atom. The highest BCUT2D eigenvalue weighted by molar-refractivity contribution is 7.92. The van der Waals surface area contributed by atoms with Crippen LogP contribution in [0.4, 0.5) is 14.5 Å². The van der Waals surface area contributed by atoms with E-state index in [0.29, 0.717) is 11.1 Å². The van der Waals surface area contributed by atoms with Crippen molar-refractivity contribution in [2.75, 3.05) is 4.72 Å². The molecule has 8 nitrogen and oxygen atoms in total. The van der Waals surface area contributed by atoms with Crippen molar-refractivity contribution >= 4 is 36.6 Å². The van der Waals surface area contributed by atoms with Crippen LogP contribution in [0.15, 0.2) is 79.7 Å². The Hall–Kier alpha value is -3.51. The van der Waals surface area contributed by atoms with E-state index in [1.165, 1.54) is 54.1 Å². The number of halogens is 2. The van der Waals surface area contributed by atoms with Crippen LogP contribution < -0.4 is 10.5 Å². The molecule has 0 aliphatic carbocycles. The number of anilines is 1. The zero-order chi connectivity index (χ0) is 24.0. The van der Waals surface area contributed by atoms with Gasteiger partial charge in [-0.15, -0.1) is 0 Å². The van der Waals surface area contributed by atoms with Crippen LogP contribution >= 0.6 is 0 Å². The van der Waals surface area contributed by atoms with Crippen molar-refractivity contribution in [1.82, 2.24) is 4.57 Å². The molecule has 0 amide bonds. The Morgan fingerprint density at radius 1 is 0.939 bits per heavy atom. The van der Waals surface area contributed by atoms with Crippen molar-refractivity contribution in [2.24, 2.45) is 7.05 Å². The number of rotatable bonds is 6. The molecule has 0 radical (unpaired) electrons. The number of oxazole rings is 1. The van der Waals surface area contributed by atoms with Crippen molar-refractivity contribution in [3.63, 3.8) is 0 Å². The molecule has 4 aromatic rings. The standard InChI is InChI=1S/C21H16F2N2O6S2/c1-25-18-10-9-15(11-19(18)31-21(25)26)32(27,28)12-13-5-7-14(8-6-13)24-33(29,30)20-16(22)3-2-4-17(20)23/h2-11,24H,12H2,1H3. The van der Waals surface area contributed by atoms with Gasteiger partial charge in [-0.2, -0.15) is 0 Å². The average molecular weight is 494 g/mol. The summed E-state index contributed by atoms with van der Waals surface area (Å²) in [6.07, 6.45) is 0. The first kappa shape index (κ1) is 22.7. The number of sulfonamides is 1. The Balaban J connectivity index is 1.55. The molecule has 0 saturated carbocycles. The molecule has 1 N–H and O–H groups in total. The van der Waals surface area contributed by atoms with E-state index in [1.807, 2.05) is 0 Å². The van der Waals surface area contributed by atoms with Crippen LogP contribution in [0.2, 0.25) is 0 Å². The SMILES string of the molecule is Cn1c(=O)oc2cc(S(=O)(=O)Cc3ccc(NS(=O)(=O)c4c(F)cccc4F)cc3)ccc21. The second-order valence-corrected chi connectivity index (χ2v) is 10.8. The van der Waals surface area contributed by atoms with Crippen LogP contribution in [0.1, 0.15) is 5.56 Å².